The maximum Gasteiger partial charge on any atom is 0.407 e. The zero-order valence-electron chi connectivity index (χ0n) is 21.2. The number of nitrogen functional groups attached to an aromatic ring is 1. The van der Waals surface area contributed by atoms with Crippen molar-refractivity contribution >= 4 is 39.8 Å². The molecule has 10 nitrogen and oxygen atoms in total. The minimum Gasteiger partial charge on any atom is -0.465 e. The van der Waals surface area contributed by atoms with E-state index in [0.717, 1.165) is 33.4 Å². The zero-order chi connectivity index (χ0) is 26.8. The minimum atomic E-state index is -1.05. The van der Waals surface area contributed by atoms with Gasteiger partial charge in [-0.15, -0.1) is 0 Å². The number of hydrogen-bond acceptors (Lipinski definition) is 6. The number of ether oxygens (including phenoxy) is 1. The summed E-state index contributed by atoms with van der Waals surface area (Å²) in [6.07, 6.45) is -1.05. The summed E-state index contributed by atoms with van der Waals surface area (Å²) in [6.45, 7) is 7.60. The Morgan fingerprint density at radius 1 is 1.16 bits per heavy atom. The van der Waals surface area contributed by atoms with Gasteiger partial charge in [-0.05, 0) is 24.1 Å². The fourth-order valence-corrected chi connectivity index (χ4v) is 4.58. The monoisotopic (exact) mass is 514 g/mol. The summed E-state index contributed by atoms with van der Waals surface area (Å²) in [5.74, 6) is 1.23. The maximum atomic E-state index is 11.7. The Bertz CT molecular complexity index is 1520. The molecule has 0 atom stereocenters. The summed E-state index contributed by atoms with van der Waals surface area (Å²) < 4.78 is 7.65. The number of carbonyl (C=O) groups is 2. The number of aromatic nitrogens is 3. The van der Waals surface area contributed by atoms with E-state index in [-0.39, 0.29) is 31.5 Å². The molecular weight excluding hydrogens is 484 g/mol. The minimum absolute atomic E-state index is 0.173. The van der Waals surface area contributed by atoms with Gasteiger partial charge in [-0.1, -0.05) is 49.0 Å². The number of benzene rings is 2. The predicted octanol–water partition coefficient (Wildman–Crippen LogP) is 3.50. The molecule has 0 radical (unpaired) electrons. The first-order valence-electron chi connectivity index (χ1n) is 12.4. The van der Waals surface area contributed by atoms with Crippen LogP contribution in [0, 0.1) is 0 Å². The zero-order valence-corrected chi connectivity index (χ0v) is 21.2. The third-order valence-corrected chi connectivity index (χ3v) is 6.71. The highest BCUT2D eigenvalue weighted by atomic mass is 16.5. The molecule has 1 saturated heterocycles. The van der Waals surface area contributed by atoms with Crippen LogP contribution in [0.15, 0.2) is 60.7 Å². The van der Waals surface area contributed by atoms with E-state index in [1.807, 2.05) is 48.5 Å². The molecule has 0 unspecified atom stereocenters. The Morgan fingerprint density at radius 2 is 1.87 bits per heavy atom. The van der Waals surface area contributed by atoms with Crippen LogP contribution in [0.1, 0.15) is 29.8 Å². The molecule has 0 saturated carbocycles. The number of hydrogen-bond donors (Lipinski definition) is 3. The smallest absolute Gasteiger partial charge is 0.407 e. The lowest BCUT2D eigenvalue weighted by atomic mass is 10.1. The molecule has 3 heterocycles. The molecule has 0 aliphatic carbocycles. The second-order valence-corrected chi connectivity index (χ2v) is 9.56. The molecule has 4 aromatic rings. The number of rotatable bonds is 9. The molecule has 0 spiro atoms. The van der Waals surface area contributed by atoms with Crippen molar-refractivity contribution in [2.24, 2.45) is 0 Å². The molecule has 4 N–H and O–H groups in total. The Labute approximate surface area is 219 Å². The number of carboxylic acid groups (broad SMARTS) is 1. The van der Waals surface area contributed by atoms with E-state index >= 15 is 0 Å². The van der Waals surface area contributed by atoms with Crippen LogP contribution in [0.3, 0.4) is 0 Å². The summed E-state index contributed by atoms with van der Waals surface area (Å²) in [7, 11) is 0. The van der Waals surface area contributed by atoms with Crippen LogP contribution in [0.2, 0.25) is 0 Å². The highest BCUT2D eigenvalue weighted by Crippen LogP contribution is 2.33. The topological polar surface area (TPSA) is 136 Å². The molecule has 5 rings (SSSR count). The third kappa shape index (κ3) is 5.03. The van der Waals surface area contributed by atoms with Crippen molar-refractivity contribution in [3.63, 3.8) is 0 Å². The van der Waals surface area contributed by atoms with Gasteiger partial charge in [0.15, 0.2) is 5.82 Å². The van der Waals surface area contributed by atoms with Gasteiger partial charge in [0.2, 0.25) is 5.91 Å². The van der Waals surface area contributed by atoms with Crippen molar-refractivity contribution in [2.75, 3.05) is 32.0 Å². The van der Waals surface area contributed by atoms with E-state index in [1.54, 1.807) is 6.92 Å². The van der Waals surface area contributed by atoms with Crippen LogP contribution in [0.5, 0.6) is 0 Å². The number of pyridine rings is 1. The van der Waals surface area contributed by atoms with Gasteiger partial charge in [0.1, 0.15) is 11.3 Å². The quantitative estimate of drug-likeness (QED) is 0.291. The van der Waals surface area contributed by atoms with Gasteiger partial charge in [0.05, 0.1) is 30.2 Å². The number of nitrogens with two attached hydrogens (primary N) is 1. The van der Waals surface area contributed by atoms with Gasteiger partial charge >= 0.3 is 6.09 Å². The molecule has 1 aliphatic rings. The lowest BCUT2D eigenvalue weighted by molar-refractivity contribution is -0.117. The van der Waals surface area contributed by atoms with Crippen LogP contribution in [0.25, 0.3) is 21.9 Å². The fraction of sp³-hybridized carbons (Fsp3) is 0.286. The normalized spacial score (nSPS) is 13.4. The van der Waals surface area contributed by atoms with Crippen LogP contribution in [0.4, 0.5) is 10.6 Å². The number of anilines is 1. The second-order valence-electron chi connectivity index (χ2n) is 9.56. The van der Waals surface area contributed by atoms with Crippen LogP contribution in [-0.4, -0.2) is 62.8 Å². The largest absolute Gasteiger partial charge is 0.465 e. The number of nitrogens with zero attached hydrogens (tertiary/aromatic N) is 4. The Balaban J connectivity index is 1.39. The van der Waals surface area contributed by atoms with E-state index in [1.165, 1.54) is 4.90 Å². The van der Waals surface area contributed by atoms with Gasteiger partial charge < -0.3 is 30.4 Å². The molecule has 2 aromatic heterocycles. The summed E-state index contributed by atoms with van der Waals surface area (Å²) >= 11 is 0. The van der Waals surface area contributed by atoms with Gasteiger partial charge in [-0.2, -0.15) is 0 Å². The average Bonchev–Trinajstić information content (AvgIpc) is 3.22. The van der Waals surface area contributed by atoms with E-state index in [2.05, 4.69) is 21.4 Å². The first-order valence-corrected chi connectivity index (χ1v) is 12.4. The van der Waals surface area contributed by atoms with Gasteiger partial charge in [-0.25, -0.2) is 14.8 Å². The number of imidazole rings is 1. The molecule has 1 aliphatic heterocycles. The lowest BCUT2D eigenvalue weighted by Gasteiger charge is -2.26. The Kier molecular flexibility index (Phi) is 6.97. The number of fused-ring (bicyclic) bond motifs is 3. The molecule has 10 heteroatoms. The van der Waals surface area contributed by atoms with Crippen molar-refractivity contribution < 1.29 is 19.4 Å². The summed E-state index contributed by atoms with van der Waals surface area (Å²) in [5, 5.41) is 13.3. The first kappa shape index (κ1) is 25.2. The number of carbonyl (C=O) groups excluding carboxylic acids is 1. The third-order valence-electron chi connectivity index (χ3n) is 6.71. The average molecular weight is 515 g/mol. The van der Waals surface area contributed by atoms with E-state index in [9.17, 15) is 14.7 Å². The maximum absolute atomic E-state index is 11.7. The van der Waals surface area contributed by atoms with E-state index in [0.29, 0.717) is 36.7 Å². The number of nitrogens with one attached hydrogen (secondary N) is 1. The van der Waals surface area contributed by atoms with Crippen molar-refractivity contribution in [1.82, 2.24) is 24.8 Å². The molecule has 196 valence electrons. The van der Waals surface area contributed by atoms with Crippen molar-refractivity contribution in [3.8, 4) is 0 Å². The first-order chi connectivity index (χ1) is 18.3. The number of amides is 2. The second kappa shape index (κ2) is 10.5. The van der Waals surface area contributed by atoms with Crippen LogP contribution < -0.4 is 11.1 Å². The molecule has 2 aromatic carbocycles. The van der Waals surface area contributed by atoms with E-state index in [4.69, 9.17) is 15.5 Å². The molecule has 2 amide bonds. The van der Waals surface area contributed by atoms with Gasteiger partial charge in [0, 0.05) is 37.1 Å². The standard InChI is InChI=1S/C28H30N6O4/c1-17(2)27(35)30-11-12-33(28(36)37)13-18-7-9-19(10-8-18)14-34-24-21-5-3-4-6-22(21)31-25(29)23(24)32-26(34)20-15-38-16-20/h3-10,20H,1,11-16H2,2H3,(H2,29,31)(H,30,35)(H,36,37). The van der Waals surface area contributed by atoms with Gasteiger partial charge in [-0.3, -0.25) is 4.79 Å². The molecule has 1 fully saturated rings. The summed E-state index contributed by atoms with van der Waals surface area (Å²) in [5.41, 5.74) is 11.1. The van der Waals surface area contributed by atoms with Gasteiger partial charge in [0.25, 0.3) is 0 Å². The highest BCUT2D eigenvalue weighted by Gasteiger charge is 2.28. The Hall–Kier alpha value is -4.44. The predicted molar refractivity (Wildman–Crippen MR) is 145 cm³/mol. The lowest BCUT2D eigenvalue weighted by Crippen LogP contribution is -2.37. The van der Waals surface area contributed by atoms with Crippen LogP contribution in [-0.2, 0) is 22.6 Å². The van der Waals surface area contributed by atoms with Crippen LogP contribution >= 0.6 is 0 Å². The highest BCUT2D eigenvalue weighted by molar-refractivity contribution is 6.06. The summed E-state index contributed by atoms with van der Waals surface area (Å²) in [4.78, 5) is 34.1. The summed E-state index contributed by atoms with van der Waals surface area (Å²) in [6, 6.07) is 15.8. The fourth-order valence-electron chi connectivity index (χ4n) is 4.58. The molecule has 0 bridgehead atoms. The Morgan fingerprint density at radius 3 is 2.53 bits per heavy atom. The van der Waals surface area contributed by atoms with Crippen molar-refractivity contribution in [2.45, 2.75) is 25.9 Å². The van der Waals surface area contributed by atoms with Crippen molar-refractivity contribution in [3.05, 3.63) is 77.6 Å². The molecular formula is C28H30N6O4. The SMILES string of the molecule is C=C(C)C(=O)NCCN(Cc1ccc(Cn2c(C3COC3)nc3c(N)nc4ccccc4c32)cc1)C(=O)O. The van der Waals surface area contributed by atoms with Crippen molar-refractivity contribution in [1.29, 1.82) is 0 Å². The van der Waals surface area contributed by atoms with E-state index < -0.39 is 6.09 Å². The molecule has 38 heavy (non-hydrogen) atoms. The number of para-hydroxylation sites is 1.